The molecule has 0 aromatic heterocycles. The van der Waals surface area contributed by atoms with Crippen LogP contribution in [0.3, 0.4) is 0 Å². The second-order valence-electron chi connectivity index (χ2n) is 4.29. The largest absolute Gasteiger partial charge is 0.0683 e. The lowest BCUT2D eigenvalue weighted by atomic mass is 9.82. The van der Waals surface area contributed by atoms with E-state index in [1.807, 2.05) is 13.8 Å². The third-order valence-electron chi connectivity index (χ3n) is 3.03. The Morgan fingerprint density at radius 2 is 1.40 bits per heavy atom. The molecule has 1 aromatic rings. The van der Waals surface area contributed by atoms with Crippen LogP contribution in [0.1, 0.15) is 59.1 Å². The third-order valence-corrected chi connectivity index (χ3v) is 3.03. The fraction of sp³-hybridized carbons (Fsp3) is 0.600. The zero-order valence-corrected chi connectivity index (χ0v) is 11.2. The Hall–Kier alpha value is -0.780. The molecule has 0 spiro atoms. The van der Waals surface area contributed by atoms with Gasteiger partial charge in [0.25, 0.3) is 0 Å². The van der Waals surface area contributed by atoms with Crippen molar-refractivity contribution in [1.82, 2.24) is 0 Å². The van der Waals surface area contributed by atoms with E-state index in [9.17, 15) is 0 Å². The summed E-state index contributed by atoms with van der Waals surface area (Å²) in [5.74, 6) is 0. The Morgan fingerprint density at radius 3 is 1.73 bits per heavy atom. The predicted molar refractivity (Wildman–Crippen MR) is 70.5 cm³/mol. The van der Waals surface area contributed by atoms with Gasteiger partial charge in [0.05, 0.1) is 0 Å². The first-order valence-electron chi connectivity index (χ1n) is 6.19. The van der Waals surface area contributed by atoms with Crippen LogP contribution in [-0.4, -0.2) is 0 Å². The zero-order chi connectivity index (χ0) is 11.9. The van der Waals surface area contributed by atoms with Crippen molar-refractivity contribution in [3.63, 3.8) is 0 Å². The van der Waals surface area contributed by atoms with E-state index in [1.54, 1.807) is 0 Å². The van der Waals surface area contributed by atoms with E-state index in [0.29, 0.717) is 5.41 Å². The Bertz CT molecular complexity index is 254. The van der Waals surface area contributed by atoms with Crippen LogP contribution in [0, 0.1) is 0 Å². The first-order chi connectivity index (χ1) is 7.10. The molecule has 1 aromatic carbocycles. The van der Waals surface area contributed by atoms with Crippen molar-refractivity contribution in [2.24, 2.45) is 0 Å². The number of hydrogen-bond acceptors (Lipinski definition) is 0. The summed E-state index contributed by atoms with van der Waals surface area (Å²) in [5, 5.41) is 0. The van der Waals surface area contributed by atoms with Crippen molar-refractivity contribution in [3.8, 4) is 0 Å². The highest BCUT2D eigenvalue weighted by molar-refractivity contribution is 5.27. The van der Waals surface area contributed by atoms with Crippen LogP contribution in [0.25, 0.3) is 0 Å². The van der Waals surface area contributed by atoms with Gasteiger partial charge in [-0.2, -0.15) is 0 Å². The SMILES string of the molecule is CC.CCc1ccc(C(C)(C)CC)cc1. The molecule has 0 amide bonds. The van der Waals surface area contributed by atoms with Crippen LogP contribution >= 0.6 is 0 Å². The van der Waals surface area contributed by atoms with Gasteiger partial charge in [-0.25, -0.2) is 0 Å². The van der Waals surface area contributed by atoms with Crippen molar-refractivity contribution in [2.45, 2.75) is 59.8 Å². The smallest absolute Gasteiger partial charge is 0.0106 e. The van der Waals surface area contributed by atoms with Crippen LogP contribution < -0.4 is 0 Å². The zero-order valence-electron chi connectivity index (χ0n) is 11.2. The monoisotopic (exact) mass is 206 g/mol. The highest BCUT2D eigenvalue weighted by Gasteiger charge is 2.16. The maximum Gasteiger partial charge on any atom is -0.0106 e. The van der Waals surface area contributed by atoms with E-state index in [-0.39, 0.29) is 0 Å². The number of aryl methyl sites for hydroxylation is 1. The van der Waals surface area contributed by atoms with Gasteiger partial charge in [0, 0.05) is 0 Å². The van der Waals surface area contributed by atoms with Crippen LogP contribution in [-0.2, 0) is 11.8 Å². The van der Waals surface area contributed by atoms with E-state index in [2.05, 4.69) is 52.0 Å². The Labute approximate surface area is 95.7 Å². The molecule has 0 heteroatoms. The number of hydrogen-bond donors (Lipinski definition) is 0. The average molecular weight is 206 g/mol. The van der Waals surface area contributed by atoms with Crippen molar-refractivity contribution in [3.05, 3.63) is 35.4 Å². The molecule has 0 nitrogen and oxygen atoms in total. The highest BCUT2D eigenvalue weighted by Crippen LogP contribution is 2.26. The lowest BCUT2D eigenvalue weighted by Crippen LogP contribution is -2.15. The maximum atomic E-state index is 2.30. The summed E-state index contributed by atoms with van der Waals surface area (Å²) in [6, 6.07) is 9.02. The molecule has 1 rings (SSSR count). The van der Waals surface area contributed by atoms with E-state index in [4.69, 9.17) is 0 Å². The molecule has 0 saturated carbocycles. The molecule has 0 bridgehead atoms. The third kappa shape index (κ3) is 4.07. The molecule has 0 aliphatic carbocycles. The molecule has 0 unspecified atom stereocenters. The molecule has 0 aliphatic rings. The minimum Gasteiger partial charge on any atom is -0.0683 e. The van der Waals surface area contributed by atoms with Crippen LogP contribution in [0.4, 0.5) is 0 Å². The summed E-state index contributed by atoms with van der Waals surface area (Å²) in [5.41, 5.74) is 3.20. The van der Waals surface area contributed by atoms with Crippen LogP contribution in [0.15, 0.2) is 24.3 Å². The molecule has 15 heavy (non-hydrogen) atoms. The predicted octanol–water partition coefficient (Wildman–Crippen LogP) is 4.96. The van der Waals surface area contributed by atoms with Crippen LogP contribution in [0.5, 0.6) is 0 Å². The minimum absolute atomic E-state index is 0.326. The number of rotatable bonds is 3. The summed E-state index contributed by atoms with van der Waals surface area (Å²) < 4.78 is 0. The molecule has 0 heterocycles. The molecule has 0 saturated heterocycles. The van der Waals surface area contributed by atoms with Crippen LogP contribution in [0.2, 0.25) is 0 Å². The first-order valence-corrected chi connectivity index (χ1v) is 6.19. The number of benzene rings is 1. The lowest BCUT2D eigenvalue weighted by molar-refractivity contribution is 0.506. The lowest BCUT2D eigenvalue weighted by Gasteiger charge is -2.23. The second kappa shape index (κ2) is 6.66. The topological polar surface area (TPSA) is 0 Å². The molecular formula is C15H26. The van der Waals surface area contributed by atoms with Gasteiger partial charge in [0.15, 0.2) is 0 Å². The van der Waals surface area contributed by atoms with E-state index < -0.39 is 0 Å². The van der Waals surface area contributed by atoms with Gasteiger partial charge in [-0.1, -0.05) is 65.8 Å². The Balaban J connectivity index is 0.000000921. The van der Waals surface area contributed by atoms with Gasteiger partial charge >= 0.3 is 0 Å². The normalized spacial score (nSPS) is 10.5. The summed E-state index contributed by atoms with van der Waals surface area (Å²) >= 11 is 0. The van der Waals surface area contributed by atoms with Gasteiger partial charge in [-0.05, 0) is 29.4 Å². The molecule has 0 fully saturated rings. The fourth-order valence-corrected chi connectivity index (χ4v) is 1.40. The van der Waals surface area contributed by atoms with Crippen molar-refractivity contribution in [1.29, 1.82) is 0 Å². The molecule has 0 aliphatic heterocycles. The van der Waals surface area contributed by atoms with E-state index >= 15 is 0 Å². The molecule has 0 radical (unpaired) electrons. The average Bonchev–Trinajstić information content (AvgIpc) is 2.32. The van der Waals surface area contributed by atoms with Gasteiger partial charge in [-0.3, -0.25) is 0 Å². The van der Waals surface area contributed by atoms with Crippen molar-refractivity contribution < 1.29 is 0 Å². The summed E-state index contributed by atoms with van der Waals surface area (Å²) in [6.07, 6.45) is 2.32. The molecular weight excluding hydrogens is 180 g/mol. The summed E-state index contributed by atoms with van der Waals surface area (Å²) in [7, 11) is 0. The quantitative estimate of drug-likeness (QED) is 0.655. The highest BCUT2D eigenvalue weighted by atomic mass is 14.2. The molecule has 86 valence electrons. The van der Waals surface area contributed by atoms with Gasteiger partial charge in [0.1, 0.15) is 0 Å². The Kier molecular flexibility index (Phi) is 6.31. The van der Waals surface area contributed by atoms with E-state index in [0.717, 1.165) is 6.42 Å². The first kappa shape index (κ1) is 14.2. The minimum atomic E-state index is 0.326. The standard InChI is InChI=1S/C13H20.C2H6/c1-5-11-7-9-12(10-8-11)13(3,4)6-2;1-2/h7-10H,5-6H2,1-4H3;1-2H3. The van der Waals surface area contributed by atoms with Crippen molar-refractivity contribution in [2.75, 3.05) is 0 Å². The maximum absolute atomic E-state index is 2.30. The van der Waals surface area contributed by atoms with Gasteiger partial charge in [0.2, 0.25) is 0 Å². The van der Waals surface area contributed by atoms with Gasteiger partial charge < -0.3 is 0 Å². The van der Waals surface area contributed by atoms with E-state index in [1.165, 1.54) is 17.5 Å². The second-order valence-corrected chi connectivity index (χ2v) is 4.29. The van der Waals surface area contributed by atoms with Crippen molar-refractivity contribution >= 4 is 0 Å². The molecule has 0 atom stereocenters. The Morgan fingerprint density at radius 1 is 0.933 bits per heavy atom. The van der Waals surface area contributed by atoms with Gasteiger partial charge in [-0.15, -0.1) is 0 Å². The summed E-state index contributed by atoms with van der Waals surface area (Å²) in [6.45, 7) is 13.0. The fourth-order valence-electron chi connectivity index (χ4n) is 1.40. The summed E-state index contributed by atoms with van der Waals surface area (Å²) in [4.78, 5) is 0. The molecule has 0 N–H and O–H groups in total.